The molecule has 88 valence electrons. The normalized spacial score (nSPS) is 19.6. The predicted molar refractivity (Wildman–Crippen MR) is 63.8 cm³/mol. The van der Waals surface area contributed by atoms with Gasteiger partial charge in [-0.1, -0.05) is 19.3 Å². The third kappa shape index (κ3) is 2.50. The van der Waals surface area contributed by atoms with Crippen molar-refractivity contribution in [3.05, 3.63) is 16.1 Å². The Kier molecular flexibility index (Phi) is 4.07. The molecule has 1 saturated carbocycles. The second-order valence-electron chi connectivity index (χ2n) is 4.28. The zero-order chi connectivity index (χ0) is 11.4. The molecular weight excluding hydrogens is 222 g/mol. The number of hydrogen-bond donors (Lipinski definition) is 0. The molecule has 1 aromatic heterocycles. The molecule has 0 spiro atoms. The van der Waals surface area contributed by atoms with E-state index >= 15 is 0 Å². The lowest BCUT2D eigenvalue weighted by Gasteiger charge is -2.27. The first-order valence-electron chi connectivity index (χ1n) is 5.78. The van der Waals surface area contributed by atoms with Crippen LogP contribution in [0.5, 0.6) is 0 Å². The first-order valence-corrected chi connectivity index (χ1v) is 6.66. The van der Waals surface area contributed by atoms with Crippen molar-refractivity contribution in [2.75, 3.05) is 7.11 Å². The largest absolute Gasteiger partial charge is 0.374 e. The van der Waals surface area contributed by atoms with Crippen molar-refractivity contribution < 1.29 is 9.53 Å². The van der Waals surface area contributed by atoms with E-state index in [9.17, 15) is 4.79 Å². The van der Waals surface area contributed by atoms with E-state index in [0.29, 0.717) is 11.6 Å². The molecule has 2 rings (SSSR count). The summed E-state index contributed by atoms with van der Waals surface area (Å²) in [5.74, 6) is 0.574. The number of carbonyl (C=O) groups excluding carboxylic acids is 1. The smallest absolute Gasteiger partial charge is 0.169 e. The van der Waals surface area contributed by atoms with Crippen LogP contribution < -0.4 is 0 Å². The van der Waals surface area contributed by atoms with Crippen LogP contribution in [-0.4, -0.2) is 18.4 Å². The number of carbonyl (C=O) groups is 1. The number of aldehydes is 1. The van der Waals surface area contributed by atoms with Gasteiger partial charge in [-0.3, -0.25) is 4.79 Å². The average molecular weight is 239 g/mol. The summed E-state index contributed by atoms with van der Waals surface area (Å²) in [6.45, 7) is 0. The van der Waals surface area contributed by atoms with Crippen LogP contribution in [0.15, 0.2) is 5.38 Å². The van der Waals surface area contributed by atoms with Gasteiger partial charge in [0.05, 0.1) is 0 Å². The maximum absolute atomic E-state index is 10.6. The summed E-state index contributed by atoms with van der Waals surface area (Å²) in [4.78, 5) is 14.9. The third-order valence-corrected chi connectivity index (χ3v) is 4.16. The molecule has 0 amide bonds. The second-order valence-corrected chi connectivity index (χ2v) is 5.17. The highest BCUT2D eigenvalue weighted by atomic mass is 32.1. The third-order valence-electron chi connectivity index (χ3n) is 3.24. The summed E-state index contributed by atoms with van der Waals surface area (Å²) in [5.41, 5.74) is 0.526. The van der Waals surface area contributed by atoms with Crippen molar-refractivity contribution in [1.29, 1.82) is 0 Å². The highest BCUT2D eigenvalue weighted by Gasteiger charge is 2.27. The quantitative estimate of drug-likeness (QED) is 0.757. The van der Waals surface area contributed by atoms with Gasteiger partial charge in [0.15, 0.2) is 6.29 Å². The van der Waals surface area contributed by atoms with E-state index in [2.05, 4.69) is 4.98 Å². The molecule has 0 aromatic carbocycles. The lowest BCUT2D eigenvalue weighted by Crippen LogP contribution is -2.17. The van der Waals surface area contributed by atoms with Gasteiger partial charge in [0, 0.05) is 12.5 Å². The van der Waals surface area contributed by atoms with E-state index in [0.717, 1.165) is 11.3 Å². The van der Waals surface area contributed by atoms with E-state index in [1.807, 2.05) is 0 Å². The van der Waals surface area contributed by atoms with Gasteiger partial charge in [-0.05, 0) is 18.8 Å². The molecule has 0 bridgehead atoms. The van der Waals surface area contributed by atoms with Crippen LogP contribution in [0, 0.1) is 5.92 Å². The van der Waals surface area contributed by atoms with E-state index in [1.54, 1.807) is 12.5 Å². The molecule has 1 heterocycles. The van der Waals surface area contributed by atoms with Gasteiger partial charge in [0.25, 0.3) is 0 Å². The highest BCUT2D eigenvalue weighted by Crippen LogP contribution is 2.37. The van der Waals surface area contributed by atoms with Crippen molar-refractivity contribution in [2.24, 2.45) is 5.92 Å². The standard InChI is InChI=1S/C12H17NO2S/c1-15-11(9-5-3-2-4-6-9)12-13-10(7-14)8-16-12/h7-9,11H,2-6H2,1H3. The number of hydrogen-bond acceptors (Lipinski definition) is 4. The van der Waals surface area contributed by atoms with Gasteiger partial charge in [0.1, 0.15) is 16.8 Å². The van der Waals surface area contributed by atoms with Gasteiger partial charge in [0.2, 0.25) is 0 Å². The Labute approximate surface area is 99.8 Å². The lowest BCUT2D eigenvalue weighted by molar-refractivity contribution is 0.0352. The predicted octanol–water partition coefficient (Wildman–Crippen LogP) is 3.22. The Balaban J connectivity index is 2.10. The fourth-order valence-electron chi connectivity index (χ4n) is 2.42. The van der Waals surface area contributed by atoms with Crippen LogP contribution in [0.25, 0.3) is 0 Å². The molecule has 1 fully saturated rings. The summed E-state index contributed by atoms with van der Waals surface area (Å²) in [6, 6.07) is 0. The Morgan fingerprint density at radius 1 is 1.50 bits per heavy atom. The molecule has 0 N–H and O–H groups in total. The number of thiazole rings is 1. The van der Waals surface area contributed by atoms with Gasteiger partial charge >= 0.3 is 0 Å². The van der Waals surface area contributed by atoms with E-state index in [4.69, 9.17) is 4.74 Å². The number of nitrogens with zero attached hydrogens (tertiary/aromatic N) is 1. The molecule has 1 unspecified atom stereocenters. The minimum absolute atomic E-state index is 0.0824. The molecule has 1 atom stereocenters. The molecule has 0 radical (unpaired) electrons. The Morgan fingerprint density at radius 2 is 2.25 bits per heavy atom. The van der Waals surface area contributed by atoms with Crippen LogP contribution in [0.4, 0.5) is 0 Å². The summed E-state index contributed by atoms with van der Waals surface area (Å²) >= 11 is 1.53. The van der Waals surface area contributed by atoms with Crippen LogP contribution in [0.1, 0.15) is 53.7 Å². The SMILES string of the molecule is COC(c1nc(C=O)cs1)C1CCCCC1. The van der Waals surface area contributed by atoms with Crippen LogP contribution in [-0.2, 0) is 4.74 Å². The summed E-state index contributed by atoms with van der Waals surface area (Å²) < 4.78 is 5.57. The number of methoxy groups -OCH3 is 1. The molecule has 1 aliphatic rings. The van der Waals surface area contributed by atoms with Gasteiger partial charge in [-0.2, -0.15) is 0 Å². The van der Waals surface area contributed by atoms with Crippen LogP contribution in [0.2, 0.25) is 0 Å². The van der Waals surface area contributed by atoms with E-state index in [-0.39, 0.29) is 6.10 Å². The van der Waals surface area contributed by atoms with Crippen LogP contribution >= 0.6 is 11.3 Å². The van der Waals surface area contributed by atoms with E-state index in [1.165, 1.54) is 43.4 Å². The lowest BCUT2D eigenvalue weighted by atomic mass is 9.85. The Hall–Kier alpha value is -0.740. The number of ether oxygens (including phenoxy) is 1. The first-order chi connectivity index (χ1) is 7.85. The number of rotatable bonds is 4. The molecule has 1 aromatic rings. The molecule has 16 heavy (non-hydrogen) atoms. The maximum Gasteiger partial charge on any atom is 0.169 e. The molecule has 0 aliphatic heterocycles. The van der Waals surface area contributed by atoms with Crippen molar-refractivity contribution in [3.63, 3.8) is 0 Å². The number of aromatic nitrogens is 1. The summed E-state index contributed by atoms with van der Waals surface area (Å²) in [7, 11) is 1.74. The fourth-order valence-corrected chi connectivity index (χ4v) is 3.35. The average Bonchev–Trinajstić information content (AvgIpc) is 2.80. The Morgan fingerprint density at radius 3 is 2.81 bits per heavy atom. The molecule has 0 saturated heterocycles. The first kappa shape index (κ1) is 11.7. The zero-order valence-electron chi connectivity index (χ0n) is 9.52. The van der Waals surface area contributed by atoms with Gasteiger partial charge in [-0.15, -0.1) is 11.3 Å². The van der Waals surface area contributed by atoms with Crippen LogP contribution in [0.3, 0.4) is 0 Å². The second kappa shape index (κ2) is 5.55. The van der Waals surface area contributed by atoms with Crippen molar-refractivity contribution in [1.82, 2.24) is 4.98 Å². The zero-order valence-corrected chi connectivity index (χ0v) is 10.3. The monoisotopic (exact) mass is 239 g/mol. The van der Waals surface area contributed by atoms with Gasteiger partial charge in [-0.25, -0.2) is 4.98 Å². The molecule has 4 heteroatoms. The minimum Gasteiger partial charge on any atom is -0.374 e. The molecule has 3 nitrogen and oxygen atoms in total. The summed E-state index contributed by atoms with van der Waals surface area (Å²) in [5, 5.41) is 2.76. The summed E-state index contributed by atoms with van der Waals surface area (Å²) in [6.07, 6.45) is 7.23. The molecule has 1 aliphatic carbocycles. The van der Waals surface area contributed by atoms with Crippen molar-refractivity contribution in [2.45, 2.75) is 38.2 Å². The molecular formula is C12H17NO2S. The Bertz CT molecular complexity index is 345. The fraction of sp³-hybridized carbons (Fsp3) is 0.667. The van der Waals surface area contributed by atoms with Crippen molar-refractivity contribution >= 4 is 17.6 Å². The maximum atomic E-state index is 10.6. The van der Waals surface area contributed by atoms with Gasteiger partial charge < -0.3 is 4.74 Å². The highest BCUT2D eigenvalue weighted by molar-refractivity contribution is 7.09. The van der Waals surface area contributed by atoms with E-state index < -0.39 is 0 Å². The topological polar surface area (TPSA) is 39.2 Å². The minimum atomic E-state index is 0.0824. The van der Waals surface area contributed by atoms with Crippen molar-refractivity contribution in [3.8, 4) is 0 Å².